The molecule has 0 amide bonds. The van der Waals surface area contributed by atoms with E-state index in [0.717, 1.165) is 28.4 Å². The van der Waals surface area contributed by atoms with Crippen LogP contribution >= 0.6 is 0 Å². The number of pyridine rings is 2. The monoisotopic (exact) mass is 731 g/mol. The SMILES string of the molecule is C[Si](C)(C)c1cnc(-c2[c-]cccc2)cc1CC1CCCC1.[Ir].[c-]1ccccc1-c1cc(-c2ccccc2)ccn1. The average molecular weight is 731 g/mol. The van der Waals surface area contributed by atoms with E-state index < -0.39 is 8.07 Å². The molecule has 1 aliphatic carbocycles. The quantitative estimate of drug-likeness (QED) is 0.129. The second-order valence-corrected chi connectivity index (χ2v) is 16.7. The molecule has 0 saturated heterocycles. The van der Waals surface area contributed by atoms with Crippen molar-refractivity contribution < 1.29 is 20.1 Å². The summed E-state index contributed by atoms with van der Waals surface area (Å²) in [6, 6.07) is 39.4. The molecular formula is C37H38IrN2Si-2. The van der Waals surface area contributed by atoms with Gasteiger partial charge in [0.1, 0.15) is 0 Å². The summed E-state index contributed by atoms with van der Waals surface area (Å²) in [7, 11) is -1.35. The summed E-state index contributed by atoms with van der Waals surface area (Å²) in [5, 5.41) is 1.54. The number of hydrogen-bond acceptors (Lipinski definition) is 2. The van der Waals surface area contributed by atoms with Gasteiger partial charge in [0.25, 0.3) is 0 Å². The molecule has 0 N–H and O–H groups in total. The molecule has 0 aliphatic heterocycles. The van der Waals surface area contributed by atoms with Gasteiger partial charge in [-0.1, -0.05) is 93.4 Å². The zero-order chi connectivity index (χ0) is 27.8. The van der Waals surface area contributed by atoms with Gasteiger partial charge in [0.05, 0.1) is 8.07 Å². The van der Waals surface area contributed by atoms with Gasteiger partial charge in [-0.3, -0.25) is 0 Å². The van der Waals surface area contributed by atoms with Crippen LogP contribution in [0.25, 0.3) is 33.6 Å². The number of benzene rings is 3. The Hall–Kier alpha value is -3.17. The molecule has 6 rings (SSSR count). The molecule has 1 aliphatic rings. The molecule has 2 nitrogen and oxygen atoms in total. The summed E-state index contributed by atoms with van der Waals surface area (Å²) in [6.07, 6.45) is 10.9. The zero-order valence-electron chi connectivity index (χ0n) is 24.2. The molecule has 0 atom stereocenters. The van der Waals surface area contributed by atoms with Crippen molar-refractivity contribution in [2.75, 3.05) is 0 Å². The minimum atomic E-state index is -1.35. The van der Waals surface area contributed by atoms with Crippen molar-refractivity contribution in [1.82, 2.24) is 9.97 Å². The van der Waals surface area contributed by atoms with E-state index in [2.05, 4.69) is 79.4 Å². The van der Waals surface area contributed by atoms with Gasteiger partial charge in [-0.15, -0.1) is 71.8 Å². The van der Waals surface area contributed by atoms with E-state index in [0.29, 0.717) is 0 Å². The Bertz CT molecular complexity index is 1440. The van der Waals surface area contributed by atoms with Gasteiger partial charge in [-0.25, -0.2) is 0 Å². The fraction of sp³-hybridized carbons (Fsp3) is 0.243. The first kappa shape index (κ1) is 30.8. The molecule has 41 heavy (non-hydrogen) atoms. The average Bonchev–Trinajstić information content (AvgIpc) is 3.51. The Morgan fingerprint density at radius 2 is 1.32 bits per heavy atom. The summed E-state index contributed by atoms with van der Waals surface area (Å²) >= 11 is 0. The molecule has 211 valence electrons. The van der Waals surface area contributed by atoms with Gasteiger partial charge in [-0.2, -0.15) is 0 Å². The number of rotatable bonds is 6. The van der Waals surface area contributed by atoms with E-state index in [4.69, 9.17) is 4.98 Å². The molecule has 1 fully saturated rings. The molecule has 3 aromatic carbocycles. The third kappa shape index (κ3) is 8.42. The molecule has 0 bridgehead atoms. The Morgan fingerprint density at radius 3 is 1.90 bits per heavy atom. The molecule has 1 saturated carbocycles. The minimum absolute atomic E-state index is 0. The van der Waals surface area contributed by atoms with Crippen LogP contribution in [-0.4, -0.2) is 18.0 Å². The molecule has 5 aromatic rings. The van der Waals surface area contributed by atoms with E-state index in [1.807, 2.05) is 66.9 Å². The molecular weight excluding hydrogens is 693 g/mol. The van der Waals surface area contributed by atoms with Crippen molar-refractivity contribution >= 4 is 13.3 Å². The van der Waals surface area contributed by atoms with Crippen LogP contribution in [0.15, 0.2) is 109 Å². The second kappa shape index (κ2) is 14.6. The summed E-state index contributed by atoms with van der Waals surface area (Å²) in [6.45, 7) is 7.28. The van der Waals surface area contributed by atoms with Gasteiger partial charge >= 0.3 is 0 Å². The second-order valence-electron chi connectivity index (χ2n) is 11.7. The van der Waals surface area contributed by atoms with Gasteiger partial charge in [-0.05, 0) is 46.1 Å². The van der Waals surface area contributed by atoms with Crippen LogP contribution in [-0.2, 0) is 26.5 Å². The van der Waals surface area contributed by atoms with Crippen molar-refractivity contribution in [3.63, 3.8) is 0 Å². The summed E-state index contributed by atoms with van der Waals surface area (Å²) in [5.74, 6) is 0.880. The van der Waals surface area contributed by atoms with Gasteiger partial charge in [0, 0.05) is 32.5 Å². The molecule has 2 aromatic heterocycles. The first-order valence-corrected chi connectivity index (χ1v) is 17.9. The van der Waals surface area contributed by atoms with Crippen molar-refractivity contribution in [1.29, 1.82) is 0 Å². The summed E-state index contributed by atoms with van der Waals surface area (Å²) in [5.41, 5.74) is 8.10. The van der Waals surface area contributed by atoms with E-state index in [9.17, 15) is 0 Å². The maximum Gasteiger partial charge on any atom is 0.0798 e. The fourth-order valence-electron chi connectivity index (χ4n) is 5.51. The van der Waals surface area contributed by atoms with Crippen molar-refractivity contribution in [2.24, 2.45) is 5.92 Å². The van der Waals surface area contributed by atoms with E-state index in [-0.39, 0.29) is 20.1 Å². The van der Waals surface area contributed by atoms with Crippen molar-refractivity contribution in [2.45, 2.75) is 51.7 Å². The topological polar surface area (TPSA) is 25.8 Å². The Morgan fingerprint density at radius 1 is 0.707 bits per heavy atom. The first-order valence-electron chi connectivity index (χ1n) is 14.4. The van der Waals surface area contributed by atoms with Crippen LogP contribution in [0.5, 0.6) is 0 Å². The Labute approximate surface area is 260 Å². The van der Waals surface area contributed by atoms with Crippen LogP contribution in [0.3, 0.4) is 0 Å². The Balaban J connectivity index is 0.000000188. The largest absolute Gasteiger partial charge is 0.305 e. The molecule has 1 radical (unpaired) electrons. The van der Waals surface area contributed by atoms with Crippen LogP contribution in [0.2, 0.25) is 19.6 Å². The summed E-state index contributed by atoms with van der Waals surface area (Å²) in [4.78, 5) is 9.16. The van der Waals surface area contributed by atoms with Crippen molar-refractivity contribution in [3.8, 4) is 33.6 Å². The normalized spacial score (nSPS) is 13.1. The van der Waals surface area contributed by atoms with E-state index in [1.54, 1.807) is 10.8 Å². The van der Waals surface area contributed by atoms with Crippen LogP contribution in [0.1, 0.15) is 31.2 Å². The number of hydrogen-bond donors (Lipinski definition) is 0. The van der Waals surface area contributed by atoms with Gasteiger partial charge in [0.2, 0.25) is 0 Å². The van der Waals surface area contributed by atoms with Gasteiger partial charge in [0.15, 0.2) is 0 Å². The molecule has 0 unspecified atom stereocenters. The minimum Gasteiger partial charge on any atom is -0.305 e. The maximum absolute atomic E-state index is 4.75. The van der Waals surface area contributed by atoms with Crippen molar-refractivity contribution in [3.05, 3.63) is 127 Å². The smallest absolute Gasteiger partial charge is 0.0798 e. The predicted molar refractivity (Wildman–Crippen MR) is 171 cm³/mol. The third-order valence-electron chi connectivity index (χ3n) is 7.62. The predicted octanol–water partition coefficient (Wildman–Crippen LogP) is 9.04. The van der Waals surface area contributed by atoms with E-state index in [1.165, 1.54) is 43.2 Å². The third-order valence-corrected chi connectivity index (χ3v) is 9.68. The molecule has 4 heteroatoms. The molecule has 2 heterocycles. The van der Waals surface area contributed by atoms with Crippen LogP contribution in [0, 0.1) is 18.1 Å². The van der Waals surface area contributed by atoms with Gasteiger partial charge < -0.3 is 9.97 Å². The maximum atomic E-state index is 4.75. The Kier molecular flexibility index (Phi) is 11.0. The van der Waals surface area contributed by atoms with Crippen LogP contribution in [0.4, 0.5) is 0 Å². The first-order chi connectivity index (χ1) is 19.5. The standard InChI is InChI=1S/C20H26NSi.C17H12N.Ir/c1-22(2,3)20-15-21-19(17-11-5-4-6-12-17)14-18(20)13-16-9-7-8-10-16;1-3-7-14(8-4-1)16-11-12-18-17(13-16)15-9-5-2-6-10-15;/h4-6,11,14-16H,7-10,13H2,1-3H3;1-9,11-13H;/q2*-1;. The van der Waals surface area contributed by atoms with Crippen LogP contribution < -0.4 is 5.19 Å². The van der Waals surface area contributed by atoms with E-state index >= 15 is 0 Å². The zero-order valence-corrected chi connectivity index (χ0v) is 27.6. The molecule has 0 spiro atoms. The number of aromatic nitrogens is 2. The summed E-state index contributed by atoms with van der Waals surface area (Å²) < 4.78 is 0. The number of nitrogens with zero attached hydrogens (tertiary/aromatic N) is 2. The fourth-order valence-corrected chi connectivity index (χ4v) is 7.10.